The number of allylic oxidation sites excluding steroid dienone is 1. The van der Waals surface area contributed by atoms with Crippen molar-refractivity contribution in [3.8, 4) is 0 Å². The first-order chi connectivity index (χ1) is 6.15. The van der Waals surface area contributed by atoms with Gasteiger partial charge in [-0.25, -0.2) is 9.59 Å². The van der Waals surface area contributed by atoms with Crippen LogP contribution in [0.3, 0.4) is 0 Å². The number of hydrogen-bond donors (Lipinski definition) is 1. The van der Waals surface area contributed by atoms with Crippen LogP contribution in [0, 0.1) is 0 Å². The molecule has 1 rings (SSSR count). The van der Waals surface area contributed by atoms with Crippen molar-refractivity contribution in [1.82, 2.24) is 0 Å². The molecule has 1 saturated heterocycles. The highest BCUT2D eigenvalue weighted by atomic mass is 16.6. The molecule has 1 aliphatic rings. The molecule has 0 aromatic rings. The zero-order valence-corrected chi connectivity index (χ0v) is 7.15. The first-order valence-corrected chi connectivity index (χ1v) is 3.83. The van der Waals surface area contributed by atoms with Crippen LogP contribution in [0.15, 0.2) is 11.6 Å². The fourth-order valence-corrected chi connectivity index (χ4v) is 0.739. The summed E-state index contributed by atoms with van der Waals surface area (Å²) in [6.45, 7) is 2.17. The minimum absolute atomic E-state index is 0.0455. The molecule has 1 aliphatic heterocycles. The Kier molecular flexibility index (Phi) is 3.02. The Bertz CT molecular complexity index is 251. The predicted octanol–water partition coefficient (Wildman–Crippen LogP) is -0.0407. The Labute approximate surface area is 74.9 Å². The second-order valence-corrected chi connectivity index (χ2v) is 2.56. The van der Waals surface area contributed by atoms with E-state index < -0.39 is 11.9 Å². The molecule has 13 heavy (non-hydrogen) atoms. The summed E-state index contributed by atoms with van der Waals surface area (Å²) in [6.07, 6.45) is 1.16. The summed E-state index contributed by atoms with van der Waals surface area (Å²) in [7, 11) is 0. The molecule has 0 aromatic heterocycles. The van der Waals surface area contributed by atoms with Crippen molar-refractivity contribution in [2.75, 3.05) is 13.2 Å². The number of hydrogen-bond acceptors (Lipinski definition) is 4. The number of carbonyl (C=O) groups excluding carboxylic acids is 1. The monoisotopic (exact) mass is 186 g/mol. The topological polar surface area (TPSA) is 76.1 Å². The van der Waals surface area contributed by atoms with Gasteiger partial charge in [0.2, 0.25) is 0 Å². The Morgan fingerprint density at radius 3 is 2.69 bits per heavy atom. The standard InChI is InChI=1S/C8H10O5/c1-2-6(7(9)10)8(11)13-4-5-3-12-5/h2,5H,3-4H2,1H3,(H,9,10). The molecule has 0 saturated carbocycles. The zero-order valence-electron chi connectivity index (χ0n) is 7.15. The van der Waals surface area contributed by atoms with E-state index in [1.54, 1.807) is 0 Å². The average Bonchev–Trinajstić information content (AvgIpc) is 2.84. The Hall–Kier alpha value is -1.36. The Morgan fingerprint density at radius 1 is 1.69 bits per heavy atom. The molecule has 1 unspecified atom stereocenters. The first-order valence-electron chi connectivity index (χ1n) is 3.83. The smallest absolute Gasteiger partial charge is 0.345 e. The van der Waals surface area contributed by atoms with Crippen molar-refractivity contribution in [3.63, 3.8) is 0 Å². The van der Waals surface area contributed by atoms with Crippen LogP contribution in [-0.2, 0) is 19.1 Å². The average molecular weight is 186 g/mol. The van der Waals surface area contributed by atoms with Crippen LogP contribution < -0.4 is 0 Å². The maximum Gasteiger partial charge on any atom is 0.345 e. The highest BCUT2D eigenvalue weighted by Crippen LogP contribution is 2.09. The highest BCUT2D eigenvalue weighted by Gasteiger charge is 2.26. The van der Waals surface area contributed by atoms with Gasteiger partial charge in [-0.05, 0) is 6.92 Å². The van der Waals surface area contributed by atoms with Crippen molar-refractivity contribution >= 4 is 11.9 Å². The van der Waals surface area contributed by atoms with Crippen LogP contribution in [0.1, 0.15) is 6.92 Å². The SMILES string of the molecule is CC=C(C(=O)O)C(=O)OCC1CO1. The molecular weight excluding hydrogens is 176 g/mol. The van der Waals surface area contributed by atoms with Crippen LogP contribution in [0.5, 0.6) is 0 Å². The van der Waals surface area contributed by atoms with Crippen molar-refractivity contribution in [2.45, 2.75) is 13.0 Å². The molecule has 1 fully saturated rings. The van der Waals surface area contributed by atoms with Crippen LogP contribution in [0.25, 0.3) is 0 Å². The summed E-state index contributed by atoms with van der Waals surface area (Å²) in [5.74, 6) is -2.09. The number of carboxylic acids is 1. The number of aliphatic carboxylic acids is 1. The minimum atomic E-state index is -1.27. The van der Waals surface area contributed by atoms with Gasteiger partial charge in [0.05, 0.1) is 6.61 Å². The van der Waals surface area contributed by atoms with Crippen LogP contribution in [0.4, 0.5) is 0 Å². The van der Waals surface area contributed by atoms with Gasteiger partial charge in [0, 0.05) is 0 Å². The fraction of sp³-hybridized carbons (Fsp3) is 0.500. The van der Waals surface area contributed by atoms with Gasteiger partial charge in [0.1, 0.15) is 18.3 Å². The lowest BCUT2D eigenvalue weighted by molar-refractivity contribution is -0.144. The Morgan fingerprint density at radius 2 is 2.31 bits per heavy atom. The van der Waals surface area contributed by atoms with E-state index in [0.717, 1.165) is 0 Å². The lowest BCUT2D eigenvalue weighted by Gasteiger charge is -2.01. The second kappa shape index (κ2) is 4.04. The lowest BCUT2D eigenvalue weighted by atomic mass is 10.2. The van der Waals surface area contributed by atoms with Gasteiger partial charge in [0.15, 0.2) is 0 Å². The number of ether oxygens (including phenoxy) is 2. The summed E-state index contributed by atoms with van der Waals surface area (Å²) >= 11 is 0. The zero-order chi connectivity index (χ0) is 9.84. The van der Waals surface area contributed by atoms with E-state index in [-0.39, 0.29) is 18.3 Å². The lowest BCUT2D eigenvalue weighted by Crippen LogP contribution is -2.17. The van der Waals surface area contributed by atoms with Crippen LogP contribution >= 0.6 is 0 Å². The highest BCUT2D eigenvalue weighted by molar-refractivity contribution is 6.13. The summed E-state index contributed by atoms with van der Waals surface area (Å²) in [5.41, 5.74) is -0.347. The third kappa shape index (κ3) is 2.87. The first kappa shape index (κ1) is 9.73. The summed E-state index contributed by atoms with van der Waals surface area (Å²) in [5, 5.41) is 8.52. The third-order valence-corrected chi connectivity index (χ3v) is 1.54. The number of esters is 1. The number of carbonyl (C=O) groups is 2. The molecule has 72 valence electrons. The van der Waals surface area contributed by atoms with E-state index in [0.29, 0.717) is 6.61 Å². The van der Waals surface area contributed by atoms with Crippen LogP contribution in [0.2, 0.25) is 0 Å². The quantitative estimate of drug-likeness (QED) is 0.219. The summed E-state index contributed by atoms with van der Waals surface area (Å²) in [6, 6.07) is 0. The van der Waals surface area contributed by atoms with Gasteiger partial charge in [0.25, 0.3) is 0 Å². The van der Waals surface area contributed by atoms with E-state index >= 15 is 0 Å². The van der Waals surface area contributed by atoms with E-state index in [9.17, 15) is 9.59 Å². The van der Waals surface area contributed by atoms with Crippen molar-refractivity contribution in [2.24, 2.45) is 0 Å². The van der Waals surface area contributed by atoms with Crippen LogP contribution in [-0.4, -0.2) is 36.4 Å². The van der Waals surface area contributed by atoms with Crippen molar-refractivity contribution in [1.29, 1.82) is 0 Å². The molecule has 1 N–H and O–H groups in total. The molecule has 0 spiro atoms. The molecule has 0 aromatic carbocycles. The van der Waals surface area contributed by atoms with Gasteiger partial charge in [-0.15, -0.1) is 0 Å². The molecular formula is C8H10O5. The molecule has 5 heteroatoms. The van der Waals surface area contributed by atoms with E-state index in [1.807, 2.05) is 0 Å². The van der Waals surface area contributed by atoms with E-state index in [2.05, 4.69) is 4.74 Å². The summed E-state index contributed by atoms with van der Waals surface area (Å²) < 4.78 is 9.46. The minimum Gasteiger partial charge on any atom is -0.477 e. The number of epoxide rings is 1. The van der Waals surface area contributed by atoms with E-state index in [1.165, 1.54) is 13.0 Å². The predicted molar refractivity (Wildman–Crippen MR) is 42.1 cm³/mol. The van der Waals surface area contributed by atoms with Crippen molar-refractivity contribution < 1.29 is 24.2 Å². The molecule has 0 aliphatic carbocycles. The molecule has 0 bridgehead atoms. The maximum absolute atomic E-state index is 11.0. The van der Waals surface area contributed by atoms with E-state index in [4.69, 9.17) is 9.84 Å². The molecule has 5 nitrogen and oxygen atoms in total. The number of rotatable bonds is 4. The normalized spacial score (nSPS) is 21.0. The maximum atomic E-state index is 11.0. The molecule has 0 amide bonds. The molecule has 1 heterocycles. The largest absolute Gasteiger partial charge is 0.477 e. The number of carboxylic acid groups (broad SMARTS) is 1. The van der Waals surface area contributed by atoms with Gasteiger partial charge < -0.3 is 14.6 Å². The summed E-state index contributed by atoms with van der Waals surface area (Å²) in [4.78, 5) is 21.5. The van der Waals surface area contributed by atoms with Gasteiger partial charge >= 0.3 is 11.9 Å². The van der Waals surface area contributed by atoms with Crippen molar-refractivity contribution in [3.05, 3.63) is 11.6 Å². The fourth-order valence-electron chi connectivity index (χ4n) is 0.739. The third-order valence-electron chi connectivity index (χ3n) is 1.54. The van der Waals surface area contributed by atoms with Gasteiger partial charge in [-0.1, -0.05) is 6.08 Å². The van der Waals surface area contributed by atoms with Gasteiger partial charge in [-0.3, -0.25) is 0 Å². The van der Waals surface area contributed by atoms with Gasteiger partial charge in [-0.2, -0.15) is 0 Å². The Balaban J connectivity index is 2.39. The second-order valence-electron chi connectivity index (χ2n) is 2.56. The molecule has 1 atom stereocenters. The molecule has 0 radical (unpaired) electrons.